The highest BCUT2D eigenvalue weighted by Gasteiger charge is 2.30. The van der Waals surface area contributed by atoms with Crippen LogP contribution in [0.5, 0.6) is 0 Å². The maximum absolute atomic E-state index is 12.9. The van der Waals surface area contributed by atoms with Crippen LogP contribution in [0.15, 0.2) is 126 Å². The Labute approximate surface area is 222 Å². The second kappa shape index (κ2) is 8.84. The minimum absolute atomic E-state index is 0.648. The van der Waals surface area contributed by atoms with Crippen molar-refractivity contribution >= 4 is 32.7 Å². The number of furan rings is 1. The third-order valence-corrected chi connectivity index (χ3v) is 7.16. The number of rotatable bonds is 3. The van der Waals surface area contributed by atoms with Crippen LogP contribution in [0.2, 0.25) is 0 Å². The summed E-state index contributed by atoms with van der Waals surface area (Å²) in [5.41, 5.74) is 6.46. The molecule has 0 saturated carbocycles. The maximum atomic E-state index is 12.9. The molecule has 0 N–H and O–H groups in total. The van der Waals surface area contributed by atoms with Crippen LogP contribution in [0, 0.1) is 0 Å². The summed E-state index contributed by atoms with van der Waals surface area (Å²) in [6.45, 7) is 0. The van der Waals surface area contributed by atoms with Gasteiger partial charge in [0.1, 0.15) is 11.2 Å². The van der Waals surface area contributed by atoms with Crippen LogP contribution in [0.1, 0.15) is 5.56 Å². The molecule has 0 bridgehead atoms. The van der Waals surface area contributed by atoms with Crippen molar-refractivity contribution in [2.45, 2.75) is 6.18 Å². The summed E-state index contributed by atoms with van der Waals surface area (Å²) >= 11 is 0. The van der Waals surface area contributed by atoms with Crippen molar-refractivity contribution in [3.8, 4) is 33.5 Å². The lowest BCUT2D eigenvalue weighted by molar-refractivity contribution is -0.137. The van der Waals surface area contributed by atoms with E-state index in [0.717, 1.165) is 78.4 Å². The van der Waals surface area contributed by atoms with E-state index in [1.165, 1.54) is 12.1 Å². The Hall–Kier alpha value is -4.90. The first-order chi connectivity index (χ1) is 18.9. The molecular weight excluding hydrogens is 495 g/mol. The highest BCUT2D eigenvalue weighted by molar-refractivity contribution is 6.09. The summed E-state index contributed by atoms with van der Waals surface area (Å²) in [6.07, 6.45) is -2.47. The number of nitrogens with zero attached hydrogens (tertiary/aromatic N) is 1. The lowest BCUT2D eigenvalue weighted by atomic mass is 9.97. The average Bonchev–Trinajstić information content (AvgIpc) is 3.35. The molecule has 188 valence electrons. The van der Waals surface area contributed by atoms with E-state index in [-0.39, 0.29) is 0 Å². The Morgan fingerprint density at radius 1 is 0.564 bits per heavy atom. The molecule has 5 heteroatoms. The van der Waals surface area contributed by atoms with Gasteiger partial charge in [-0.25, -0.2) is 0 Å². The van der Waals surface area contributed by atoms with Crippen LogP contribution in [0.3, 0.4) is 0 Å². The minimum atomic E-state index is -4.34. The summed E-state index contributed by atoms with van der Waals surface area (Å²) in [5, 5.41) is 4.21. The number of para-hydroxylation sites is 2. The van der Waals surface area contributed by atoms with E-state index in [1.807, 2.05) is 72.9 Å². The van der Waals surface area contributed by atoms with Crippen LogP contribution >= 0.6 is 0 Å². The molecule has 0 amide bonds. The topological polar surface area (TPSA) is 26.0 Å². The highest BCUT2D eigenvalue weighted by Crippen LogP contribution is 2.36. The Bertz CT molecular complexity index is 1990. The van der Waals surface area contributed by atoms with Crippen molar-refractivity contribution in [1.82, 2.24) is 4.98 Å². The molecule has 0 aliphatic rings. The fourth-order valence-electron chi connectivity index (χ4n) is 5.13. The quantitative estimate of drug-likeness (QED) is 0.234. The zero-order valence-corrected chi connectivity index (χ0v) is 20.5. The van der Waals surface area contributed by atoms with Gasteiger partial charge in [-0.15, -0.1) is 0 Å². The molecule has 2 aromatic heterocycles. The van der Waals surface area contributed by atoms with E-state index in [2.05, 4.69) is 24.3 Å². The molecule has 0 saturated heterocycles. The summed E-state index contributed by atoms with van der Waals surface area (Å²) in [6, 6.07) is 35.6. The van der Waals surface area contributed by atoms with Gasteiger partial charge in [-0.1, -0.05) is 72.8 Å². The largest absolute Gasteiger partial charge is 0.455 e. The van der Waals surface area contributed by atoms with Crippen molar-refractivity contribution in [2.75, 3.05) is 0 Å². The summed E-state index contributed by atoms with van der Waals surface area (Å²) in [5.74, 6) is 0. The van der Waals surface area contributed by atoms with Crippen LogP contribution in [-0.2, 0) is 6.18 Å². The fraction of sp³-hybridized carbons (Fsp3) is 0.0294. The minimum Gasteiger partial charge on any atom is -0.455 e. The van der Waals surface area contributed by atoms with E-state index < -0.39 is 11.7 Å². The highest BCUT2D eigenvalue weighted by atomic mass is 19.4. The van der Waals surface area contributed by atoms with Gasteiger partial charge in [-0.2, -0.15) is 13.2 Å². The van der Waals surface area contributed by atoms with Gasteiger partial charge in [-0.05, 0) is 69.9 Å². The molecule has 2 nitrogen and oxygen atoms in total. The smallest absolute Gasteiger partial charge is 0.416 e. The van der Waals surface area contributed by atoms with Crippen LogP contribution in [0.4, 0.5) is 13.2 Å². The van der Waals surface area contributed by atoms with E-state index in [1.54, 1.807) is 0 Å². The van der Waals surface area contributed by atoms with E-state index >= 15 is 0 Å². The number of aromatic nitrogens is 1. The molecule has 0 aliphatic carbocycles. The Kier molecular flexibility index (Phi) is 5.27. The molecule has 2 heterocycles. The molecule has 0 atom stereocenters. The van der Waals surface area contributed by atoms with Crippen LogP contribution < -0.4 is 0 Å². The second-order valence-electron chi connectivity index (χ2n) is 9.56. The van der Waals surface area contributed by atoms with E-state index in [9.17, 15) is 13.2 Å². The fourth-order valence-corrected chi connectivity index (χ4v) is 5.13. The third-order valence-electron chi connectivity index (χ3n) is 7.16. The van der Waals surface area contributed by atoms with Crippen molar-refractivity contribution in [2.24, 2.45) is 0 Å². The van der Waals surface area contributed by atoms with Gasteiger partial charge in [0.25, 0.3) is 0 Å². The van der Waals surface area contributed by atoms with Crippen molar-refractivity contribution < 1.29 is 17.6 Å². The molecule has 0 radical (unpaired) electrons. The number of pyridine rings is 1. The van der Waals surface area contributed by atoms with Gasteiger partial charge in [-0.3, -0.25) is 4.98 Å². The zero-order valence-electron chi connectivity index (χ0n) is 20.5. The van der Waals surface area contributed by atoms with Gasteiger partial charge >= 0.3 is 6.18 Å². The van der Waals surface area contributed by atoms with Crippen LogP contribution in [0.25, 0.3) is 66.2 Å². The first-order valence-electron chi connectivity index (χ1n) is 12.5. The average molecular weight is 516 g/mol. The third kappa shape index (κ3) is 4.12. The first kappa shape index (κ1) is 23.2. The Morgan fingerprint density at radius 2 is 1.21 bits per heavy atom. The molecule has 39 heavy (non-hydrogen) atoms. The lowest BCUT2D eigenvalue weighted by Gasteiger charge is -2.09. The van der Waals surface area contributed by atoms with Crippen molar-refractivity contribution in [3.63, 3.8) is 0 Å². The first-order valence-corrected chi connectivity index (χ1v) is 12.5. The summed E-state index contributed by atoms with van der Waals surface area (Å²) < 4.78 is 44.9. The normalized spacial score (nSPS) is 12.0. The summed E-state index contributed by atoms with van der Waals surface area (Å²) in [4.78, 5) is 4.76. The maximum Gasteiger partial charge on any atom is 0.416 e. The predicted molar refractivity (Wildman–Crippen MR) is 150 cm³/mol. The van der Waals surface area contributed by atoms with Crippen molar-refractivity contribution in [3.05, 3.63) is 127 Å². The molecule has 5 aromatic carbocycles. The number of hydrogen-bond donors (Lipinski definition) is 0. The number of hydrogen-bond acceptors (Lipinski definition) is 2. The standard InChI is InChI=1S/C34H20F3NO/c35-34(36,37)27-15-12-21(13-16-27)22-8-9-24-19-25(11-10-23(24)18-22)26-14-17-31(38-20-26)30-6-3-5-29-28-4-1-2-7-32(28)39-33(29)30/h1-20H. The predicted octanol–water partition coefficient (Wildman–Crippen LogP) is 10.2. The van der Waals surface area contributed by atoms with E-state index in [4.69, 9.17) is 9.40 Å². The van der Waals surface area contributed by atoms with Gasteiger partial charge < -0.3 is 4.42 Å². The molecule has 0 spiro atoms. The molecule has 0 fully saturated rings. The molecule has 0 aliphatic heterocycles. The van der Waals surface area contributed by atoms with E-state index in [0.29, 0.717) is 0 Å². The SMILES string of the molecule is FC(F)(F)c1ccc(-c2ccc3cc(-c4ccc(-c5cccc6c5oc5ccccc56)nc4)ccc3c2)cc1. The monoisotopic (exact) mass is 515 g/mol. The number of benzene rings is 5. The van der Waals surface area contributed by atoms with Gasteiger partial charge in [0.15, 0.2) is 0 Å². The Morgan fingerprint density at radius 3 is 1.90 bits per heavy atom. The van der Waals surface area contributed by atoms with Gasteiger partial charge in [0.2, 0.25) is 0 Å². The summed E-state index contributed by atoms with van der Waals surface area (Å²) in [7, 11) is 0. The lowest BCUT2D eigenvalue weighted by Crippen LogP contribution is -2.03. The zero-order chi connectivity index (χ0) is 26.6. The second-order valence-corrected chi connectivity index (χ2v) is 9.56. The van der Waals surface area contributed by atoms with Gasteiger partial charge in [0, 0.05) is 28.1 Å². The number of alkyl halides is 3. The molecular formula is C34H20F3NO. The Balaban J connectivity index is 1.19. The molecule has 7 aromatic rings. The van der Waals surface area contributed by atoms with Crippen LogP contribution in [-0.4, -0.2) is 4.98 Å². The number of fused-ring (bicyclic) bond motifs is 4. The number of halogens is 3. The van der Waals surface area contributed by atoms with Gasteiger partial charge in [0.05, 0.1) is 11.3 Å². The van der Waals surface area contributed by atoms with Crippen molar-refractivity contribution in [1.29, 1.82) is 0 Å². The molecule has 7 rings (SSSR count). The molecule has 0 unspecified atom stereocenters.